The second-order valence-corrected chi connectivity index (χ2v) is 11.0. The van der Waals surface area contributed by atoms with Gasteiger partial charge in [-0.15, -0.1) is 13.2 Å². The van der Waals surface area contributed by atoms with Crippen LogP contribution in [0.3, 0.4) is 0 Å². The minimum absolute atomic E-state index is 0.0907. The number of sulfonamides is 1. The zero-order valence-corrected chi connectivity index (χ0v) is 21.0. The van der Waals surface area contributed by atoms with Crippen LogP contribution in [0.15, 0.2) is 48.2 Å². The number of carbonyl (C=O) groups excluding carboxylic acids is 2. The van der Waals surface area contributed by atoms with Crippen molar-refractivity contribution in [1.82, 2.24) is 14.9 Å². The molecule has 1 aliphatic carbocycles. The summed E-state index contributed by atoms with van der Waals surface area (Å²) in [7, 11) is -3.47. The Labute approximate surface area is 212 Å². The lowest BCUT2D eigenvalue weighted by Crippen LogP contribution is -2.52. The molecule has 1 fully saturated rings. The van der Waals surface area contributed by atoms with Crippen LogP contribution >= 0.6 is 11.6 Å². The summed E-state index contributed by atoms with van der Waals surface area (Å²) in [4.78, 5) is 27.1. The highest BCUT2D eigenvalue weighted by atomic mass is 35.5. The molecule has 1 aromatic carbocycles. The number of rotatable bonds is 8. The average Bonchev–Trinajstić information content (AvgIpc) is 2.77. The summed E-state index contributed by atoms with van der Waals surface area (Å²) in [5, 5.41) is 0.298. The van der Waals surface area contributed by atoms with Gasteiger partial charge in [0.2, 0.25) is 21.8 Å². The summed E-state index contributed by atoms with van der Waals surface area (Å²) in [6.45, 7) is 0.202. The van der Waals surface area contributed by atoms with Gasteiger partial charge in [0.25, 0.3) is 0 Å². The number of ether oxygens (including phenoxy) is 1. The summed E-state index contributed by atoms with van der Waals surface area (Å²) >= 11 is 6.37. The second-order valence-electron chi connectivity index (χ2n) is 8.60. The van der Waals surface area contributed by atoms with Crippen LogP contribution in [0.2, 0.25) is 0 Å². The van der Waals surface area contributed by atoms with Gasteiger partial charge in [-0.3, -0.25) is 14.3 Å². The highest BCUT2D eigenvalue weighted by molar-refractivity contribution is 7.88. The zero-order chi connectivity index (χ0) is 26.6. The molecule has 1 heterocycles. The van der Waals surface area contributed by atoms with Crippen molar-refractivity contribution in [3.63, 3.8) is 0 Å². The van der Waals surface area contributed by atoms with Crippen LogP contribution in [-0.2, 0) is 24.3 Å². The fourth-order valence-electron chi connectivity index (χ4n) is 4.23. The normalized spacial score (nSPS) is 23.0. The molecule has 0 bridgehead atoms. The summed E-state index contributed by atoms with van der Waals surface area (Å²) in [5.41, 5.74) is 0.633. The van der Waals surface area contributed by atoms with Crippen molar-refractivity contribution < 1.29 is 35.9 Å². The molecular formula is C23H27ClF3N3O5S. The van der Waals surface area contributed by atoms with E-state index in [9.17, 15) is 31.2 Å². The topological polar surface area (TPSA) is 105 Å². The maximum atomic E-state index is 13.2. The van der Waals surface area contributed by atoms with Gasteiger partial charge in [0.15, 0.2) is 5.06 Å². The molecule has 0 radical (unpaired) electrons. The van der Waals surface area contributed by atoms with Crippen molar-refractivity contribution in [2.24, 2.45) is 0 Å². The Morgan fingerprint density at radius 1 is 1.19 bits per heavy atom. The van der Waals surface area contributed by atoms with Crippen LogP contribution < -0.4 is 10.0 Å². The number of allylic oxidation sites excluding steroid dienone is 2. The van der Waals surface area contributed by atoms with Gasteiger partial charge >= 0.3 is 6.36 Å². The van der Waals surface area contributed by atoms with E-state index in [2.05, 4.69) is 14.8 Å². The molecule has 8 nitrogen and oxygen atoms in total. The number of likely N-dealkylation sites (tertiary alicyclic amines) is 1. The van der Waals surface area contributed by atoms with Crippen molar-refractivity contribution >= 4 is 39.0 Å². The van der Waals surface area contributed by atoms with Crippen LogP contribution in [0.25, 0.3) is 5.57 Å². The van der Waals surface area contributed by atoms with Gasteiger partial charge in [-0.2, -0.15) is 0 Å². The van der Waals surface area contributed by atoms with E-state index in [-0.39, 0.29) is 24.2 Å². The lowest BCUT2D eigenvalue weighted by molar-refractivity contribution is -0.342. The number of piperidine rings is 1. The van der Waals surface area contributed by atoms with E-state index < -0.39 is 45.7 Å². The maximum absolute atomic E-state index is 13.2. The number of amides is 2. The molecule has 2 atom stereocenters. The van der Waals surface area contributed by atoms with Gasteiger partial charge in [-0.25, -0.2) is 13.1 Å². The third kappa shape index (κ3) is 7.79. The highest BCUT2D eigenvalue weighted by Crippen LogP contribution is 2.45. The fourth-order valence-corrected chi connectivity index (χ4v) is 5.10. The lowest BCUT2D eigenvalue weighted by atomic mass is 9.92. The minimum Gasteiger partial charge on any atom is -0.331 e. The predicted octanol–water partition coefficient (Wildman–Crippen LogP) is 3.27. The maximum Gasteiger partial charge on any atom is 0.524 e. The molecule has 1 aromatic rings. The Bertz CT molecular complexity index is 1140. The third-order valence-electron chi connectivity index (χ3n) is 5.75. The first-order valence-corrected chi connectivity index (χ1v) is 13.5. The smallest absolute Gasteiger partial charge is 0.331 e. The molecule has 2 N–H and O–H groups in total. The molecule has 0 aromatic heterocycles. The first-order valence-electron chi connectivity index (χ1n) is 11.2. The molecule has 0 spiro atoms. The molecule has 13 heteroatoms. The molecule has 0 saturated carbocycles. The van der Waals surface area contributed by atoms with E-state index in [1.807, 2.05) is 0 Å². The Morgan fingerprint density at radius 2 is 1.89 bits per heavy atom. The summed E-state index contributed by atoms with van der Waals surface area (Å²) in [6, 6.07) is 7.38. The Morgan fingerprint density at radius 3 is 2.53 bits per heavy atom. The Hall–Kier alpha value is -2.41. The number of carbonyl (C=O) groups is 2. The fraction of sp³-hybridized carbons (Fsp3) is 0.478. The Kier molecular flexibility index (Phi) is 8.86. The monoisotopic (exact) mass is 549 g/mol. The molecule has 3 rings (SSSR count). The number of halogens is 4. The zero-order valence-electron chi connectivity index (χ0n) is 19.5. The Balaban J connectivity index is 1.76. The molecule has 2 unspecified atom stereocenters. The number of nitrogens with zero attached hydrogens (tertiary/aromatic N) is 1. The van der Waals surface area contributed by atoms with E-state index >= 15 is 0 Å². The largest absolute Gasteiger partial charge is 0.524 e. The predicted molar refractivity (Wildman–Crippen MR) is 128 cm³/mol. The molecule has 2 amide bonds. The summed E-state index contributed by atoms with van der Waals surface area (Å²) in [6.07, 6.45) is -0.118. The number of benzene rings is 1. The average molecular weight is 550 g/mol. The van der Waals surface area contributed by atoms with Gasteiger partial charge in [-0.1, -0.05) is 48.0 Å². The minimum atomic E-state index is -5.03. The molecule has 36 heavy (non-hydrogen) atoms. The van der Waals surface area contributed by atoms with Gasteiger partial charge in [0.05, 0.1) is 6.26 Å². The van der Waals surface area contributed by atoms with E-state index in [1.165, 1.54) is 17.1 Å². The van der Waals surface area contributed by atoms with Gasteiger partial charge in [0, 0.05) is 37.2 Å². The van der Waals surface area contributed by atoms with Crippen LogP contribution in [0.5, 0.6) is 0 Å². The van der Waals surface area contributed by atoms with Crippen molar-refractivity contribution in [3.8, 4) is 0 Å². The first kappa shape index (κ1) is 28.2. The number of hydrogen-bond acceptors (Lipinski definition) is 5. The summed E-state index contributed by atoms with van der Waals surface area (Å²) < 4.78 is 68.7. The first-order chi connectivity index (χ1) is 16.8. The van der Waals surface area contributed by atoms with E-state index in [1.54, 1.807) is 30.3 Å². The SMILES string of the molecule is CS(=O)(=O)NCCC(=O)N1CCCCC1C(=O)NC1=CC=C(c2ccccc2)C(Cl)(OC(F)(F)F)C1. The highest BCUT2D eigenvalue weighted by Gasteiger charge is 2.47. The van der Waals surface area contributed by atoms with E-state index in [0.29, 0.717) is 31.4 Å². The van der Waals surface area contributed by atoms with Crippen molar-refractivity contribution in [1.29, 1.82) is 0 Å². The van der Waals surface area contributed by atoms with Crippen LogP contribution in [0.4, 0.5) is 13.2 Å². The number of nitrogens with one attached hydrogen (secondary N) is 2. The van der Waals surface area contributed by atoms with Gasteiger partial charge < -0.3 is 10.2 Å². The molecular weight excluding hydrogens is 523 g/mol. The lowest BCUT2D eigenvalue weighted by Gasteiger charge is -2.37. The van der Waals surface area contributed by atoms with Crippen molar-refractivity contribution in [2.45, 2.75) is 49.6 Å². The van der Waals surface area contributed by atoms with Crippen molar-refractivity contribution in [2.75, 3.05) is 19.3 Å². The van der Waals surface area contributed by atoms with Gasteiger partial charge in [0.1, 0.15) is 6.04 Å². The van der Waals surface area contributed by atoms with E-state index in [4.69, 9.17) is 11.6 Å². The molecule has 1 saturated heterocycles. The standard InChI is InChI=1S/C23H27ClF3N3O5S/c1-36(33,34)28-13-12-20(31)30-14-6-5-9-19(30)21(32)29-17-10-11-18(16-7-3-2-4-8-16)22(24,15-17)35-23(25,26)27/h2-4,7-8,10-11,19,28H,5-6,9,12-15H2,1H3,(H,29,32). The number of alkyl halides is 4. The van der Waals surface area contributed by atoms with E-state index in [0.717, 1.165) is 6.26 Å². The quantitative estimate of drug-likeness (QED) is 0.484. The van der Waals surface area contributed by atoms with Gasteiger partial charge in [-0.05, 0) is 30.9 Å². The van der Waals surface area contributed by atoms with Crippen LogP contribution in [0.1, 0.15) is 37.7 Å². The third-order valence-corrected chi connectivity index (χ3v) is 6.89. The molecule has 1 aliphatic heterocycles. The van der Waals surface area contributed by atoms with Crippen LogP contribution in [-0.4, -0.2) is 61.9 Å². The summed E-state index contributed by atoms with van der Waals surface area (Å²) in [5.74, 6) is -0.963. The molecule has 198 valence electrons. The molecule has 2 aliphatic rings. The second kappa shape index (κ2) is 11.3. The van der Waals surface area contributed by atoms with Crippen molar-refractivity contribution in [3.05, 3.63) is 53.7 Å². The van der Waals surface area contributed by atoms with Crippen LogP contribution in [0, 0.1) is 0 Å². The number of hydrogen-bond donors (Lipinski definition) is 2.